The Labute approximate surface area is 83.6 Å². The van der Waals surface area contributed by atoms with E-state index in [1.54, 1.807) is 0 Å². The van der Waals surface area contributed by atoms with Gasteiger partial charge in [-0.05, 0) is 12.1 Å². The van der Waals surface area contributed by atoms with Gasteiger partial charge in [-0.3, -0.25) is 10.1 Å². The minimum absolute atomic E-state index is 0.326. The van der Waals surface area contributed by atoms with E-state index in [4.69, 9.17) is 5.11 Å². The van der Waals surface area contributed by atoms with Gasteiger partial charge in [0.25, 0.3) is 5.69 Å². The number of carboxylic acids is 1. The van der Waals surface area contributed by atoms with Crippen molar-refractivity contribution in [1.82, 2.24) is 0 Å². The molecule has 0 spiro atoms. The van der Waals surface area contributed by atoms with Crippen LogP contribution in [0.5, 0.6) is 0 Å². The number of aliphatic carboxylic acids is 1. The van der Waals surface area contributed by atoms with E-state index < -0.39 is 28.0 Å². The molecule has 0 saturated carbocycles. The molecule has 1 rings (SSSR count). The van der Waals surface area contributed by atoms with Gasteiger partial charge in [0, 0.05) is 6.07 Å². The van der Waals surface area contributed by atoms with Gasteiger partial charge in [0.1, 0.15) is 5.82 Å². The van der Waals surface area contributed by atoms with Crippen molar-refractivity contribution in [3.05, 3.63) is 46.3 Å². The zero-order valence-corrected chi connectivity index (χ0v) is 7.44. The zero-order chi connectivity index (χ0) is 11.6. The molecule has 0 heterocycles. The van der Waals surface area contributed by atoms with Crippen LogP contribution in [0.25, 0.3) is 5.57 Å². The second kappa shape index (κ2) is 3.87. The van der Waals surface area contributed by atoms with Crippen molar-refractivity contribution in [2.75, 3.05) is 0 Å². The van der Waals surface area contributed by atoms with Crippen LogP contribution in [-0.2, 0) is 4.79 Å². The highest BCUT2D eigenvalue weighted by molar-refractivity contribution is 6.15. The molecular weight excluding hydrogens is 205 g/mol. The Morgan fingerprint density at radius 1 is 1.53 bits per heavy atom. The second-order valence-corrected chi connectivity index (χ2v) is 2.70. The van der Waals surface area contributed by atoms with Crippen LogP contribution in [0.15, 0.2) is 24.8 Å². The van der Waals surface area contributed by atoms with Crippen molar-refractivity contribution in [2.45, 2.75) is 0 Å². The van der Waals surface area contributed by atoms with Crippen LogP contribution in [0, 0.1) is 15.9 Å². The van der Waals surface area contributed by atoms with Crippen LogP contribution in [0.2, 0.25) is 0 Å². The molecule has 5 nitrogen and oxygen atoms in total. The summed E-state index contributed by atoms with van der Waals surface area (Å²) < 4.78 is 12.8. The monoisotopic (exact) mass is 211 g/mol. The smallest absolute Gasteiger partial charge is 0.335 e. The van der Waals surface area contributed by atoms with Gasteiger partial charge in [-0.25, -0.2) is 9.18 Å². The van der Waals surface area contributed by atoms with Gasteiger partial charge in [0.05, 0.1) is 16.1 Å². The Hall–Kier alpha value is -2.24. The van der Waals surface area contributed by atoms with E-state index in [0.717, 1.165) is 18.2 Å². The summed E-state index contributed by atoms with van der Waals surface area (Å²) in [6, 6.07) is 2.56. The molecule has 0 amide bonds. The van der Waals surface area contributed by atoms with E-state index in [9.17, 15) is 19.3 Å². The average Bonchev–Trinajstić information content (AvgIpc) is 2.15. The van der Waals surface area contributed by atoms with Gasteiger partial charge in [0.2, 0.25) is 0 Å². The largest absolute Gasteiger partial charge is 0.478 e. The maximum absolute atomic E-state index is 12.8. The minimum atomic E-state index is -1.43. The standard InChI is InChI=1S/C9H6FNO4/c1-5(9(12)13)7-4-6(10)2-3-8(7)11(14)15/h2-4H,1H2,(H,12,13). The van der Waals surface area contributed by atoms with Crippen LogP contribution in [0.3, 0.4) is 0 Å². The molecule has 78 valence electrons. The maximum atomic E-state index is 12.8. The van der Waals surface area contributed by atoms with Crippen LogP contribution in [0.1, 0.15) is 5.56 Å². The molecule has 15 heavy (non-hydrogen) atoms. The number of carbonyl (C=O) groups is 1. The highest BCUT2D eigenvalue weighted by Crippen LogP contribution is 2.25. The molecule has 1 aromatic rings. The Balaban J connectivity index is 3.37. The molecule has 0 unspecified atom stereocenters. The molecule has 0 aliphatic carbocycles. The molecule has 0 fully saturated rings. The fourth-order valence-corrected chi connectivity index (χ4v) is 1.02. The number of nitro benzene ring substituents is 1. The Morgan fingerprint density at radius 3 is 2.60 bits per heavy atom. The van der Waals surface area contributed by atoms with E-state index in [0.29, 0.717) is 0 Å². The third-order valence-corrected chi connectivity index (χ3v) is 1.74. The summed E-state index contributed by atoms with van der Waals surface area (Å²) in [5.41, 5.74) is -1.32. The van der Waals surface area contributed by atoms with Crippen LogP contribution in [-0.4, -0.2) is 16.0 Å². The van der Waals surface area contributed by atoms with Crippen molar-refractivity contribution in [3.8, 4) is 0 Å². The molecule has 0 atom stereocenters. The number of benzene rings is 1. The average molecular weight is 211 g/mol. The third-order valence-electron chi connectivity index (χ3n) is 1.74. The Kier molecular flexibility index (Phi) is 2.80. The predicted molar refractivity (Wildman–Crippen MR) is 49.7 cm³/mol. The lowest BCUT2D eigenvalue weighted by Gasteiger charge is -2.02. The van der Waals surface area contributed by atoms with Gasteiger partial charge in [-0.1, -0.05) is 6.58 Å². The van der Waals surface area contributed by atoms with Crippen molar-refractivity contribution in [2.24, 2.45) is 0 Å². The lowest BCUT2D eigenvalue weighted by atomic mass is 10.1. The third kappa shape index (κ3) is 2.16. The van der Waals surface area contributed by atoms with Crippen LogP contribution >= 0.6 is 0 Å². The van der Waals surface area contributed by atoms with Gasteiger partial charge < -0.3 is 5.11 Å². The van der Waals surface area contributed by atoms with Gasteiger partial charge >= 0.3 is 5.97 Å². The summed E-state index contributed by atoms with van der Waals surface area (Å²) in [5, 5.41) is 19.1. The summed E-state index contributed by atoms with van der Waals surface area (Å²) in [6.07, 6.45) is 0. The SMILES string of the molecule is C=C(C(=O)O)c1cc(F)ccc1[N+](=O)[O-]. The molecule has 1 N–H and O–H groups in total. The normalized spacial score (nSPS) is 9.67. The molecule has 0 bridgehead atoms. The molecule has 0 radical (unpaired) electrons. The van der Waals surface area contributed by atoms with Crippen molar-refractivity contribution in [3.63, 3.8) is 0 Å². The first-order chi connectivity index (χ1) is 6.93. The highest BCUT2D eigenvalue weighted by Gasteiger charge is 2.20. The second-order valence-electron chi connectivity index (χ2n) is 2.70. The molecule has 0 saturated heterocycles. The van der Waals surface area contributed by atoms with E-state index in [1.165, 1.54) is 0 Å². The van der Waals surface area contributed by atoms with Crippen molar-refractivity contribution in [1.29, 1.82) is 0 Å². The number of nitrogens with zero attached hydrogens (tertiary/aromatic N) is 1. The summed E-state index contributed by atoms with van der Waals surface area (Å²) in [6.45, 7) is 3.14. The predicted octanol–water partition coefficient (Wildman–Crippen LogP) is 1.83. The fraction of sp³-hybridized carbons (Fsp3) is 0. The summed E-state index contributed by atoms with van der Waals surface area (Å²) >= 11 is 0. The maximum Gasteiger partial charge on any atom is 0.335 e. The lowest BCUT2D eigenvalue weighted by molar-refractivity contribution is -0.385. The summed E-state index contributed by atoms with van der Waals surface area (Å²) in [5.74, 6) is -2.18. The Morgan fingerprint density at radius 2 is 2.13 bits per heavy atom. The molecule has 6 heteroatoms. The molecule has 0 aromatic heterocycles. The van der Waals surface area contributed by atoms with Gasteiger partial charge in [-0.2, -0.15) is 0 Å². The van der Waals surface area contributed by atoms with E-state index in [-0.39, 0.29) is 5.56 Å². The first kappa shape index (κ1) is 10.8. The van der Waals surface area contributed by atoms with Crippen LogP contribution < -0.4 is 0 Å². The van der Waals surface area contributed by atoms with Crippen LogP contribution in [0.4, 0.5) is 10.1 Å². The molecule has 0 aliphatic heterocycles. The molecule has 0 aliphatic rings. The van der Waals surface area contributed by atoms with Gasteiger partial charge in [-0.15, -0.1) is 0 Å². The zero-order valence-electron chi connectivity index (χ0n) is 7.44. The van der Waals surface area contributed by atoms with Crippen molar-refractivity contribution >= 4 is 17.2 Å². The highest BCUT2D eigenvalue weighted by atomic mass is 19.1. The first-order valence-electron chi connectivity index (χ1n) is 3.80. The number of nitro groups is 1. The van der Waals surface area contributed by atoms with Gasteiger partial charge in [0.15, 0.2) is 0 Å². The number of hydrogen-bond donors (Lipinski definition) is 1. The van der Waals surface area contributed by atoms with E-state index in [1.807, 2.05) is 0 Å². The lowest BCUT2D eigenvalue weighted by Crippen LogP contribution is -2.02. The summed E-state index contributed by atoms with van der Waals surface area (Å²) in [4.78, 5) is 20.3. The number of carboxylic acid groups (broad SMARTS) is 1. The molecule has 1 aromatic carbocycles. The van der Waals surface area contributed by atoms with Crippen molar-refractivity contribution < 1.29 is 19.2 Å². The number of rotatable bonds is 3. The van der Waals surface area contributed by atoms with E-state index >= 15 is 0 Å². The fourth-order valence-electron chi connectivity index (χ4n) is 1.02. The number of hydrogen-bond acceptors (Lipinski definition) is 3. The first-order valence-corrected chi connectivity index (χ1v) is 3.80. The van der Waals surface area contributed by atoms with E-state index in [2.05, 4.69) is 6.58 Å². The quantitative estimate of drug-likeness (QED) is 0.469. The topological polar surface area (TPSA) is 80.4 Å². The minimum Gasteiger partial charge on any atom is -0.478 e. The summed E-state index contributed by atoms with van der Waals surface area (Å²) in [7, 11) is 0. The number of halogens is 1. The Bertz CT molecular complexity index is 455. The molecular formula is C9H6FNO4.